The molecule has 0 saturated heterocycles. The molecule has 1 unspecified atom stereocenters. The molecule has 7 aromatic carbocycles. The molecule has 0 fully saturated rings. The maximum atomic E-state index is 4.81. The maximum Gasteiger partial charge on any atom is 0.0709 e. The molecule has 0 bridgehead atoms. The summed E-state index contributed by atoms with van der Waals surface area (Å²) in [7, 11) is 7.17. The van der Waals surface area contributed by atoms with Gasteiger partial charge in [-0.3, -0.25) is 0 Å². The van der Waals surface area contributed by atoms with Crippen LogP contribution in [0.2, 0.25) is 0 Å². The smallest absolute Gasteiger partial charge is 0.0709 e. The van der Waals surface area contributed by atoms with E-state index in [0.717, 1.165) is 11.3 Å². The third-order valence-corrected chi connectivity index (χ3v) is 10.1. The molecule has 0 spiro atoms. The van der Waals surface area contributed by atoms with Gasteiger partial charge in [0.05, 0.1) is 7.85 Å². The van der Waals surface area contributed by atoms with E-state index in [2.05, 4.69) is 166 Å². The van der Waals surface area contributed by atoms with E-state index in [4.69, 9.17) is 7.85 Å². The predicted molar refractivity (Wildman–Crippen MR) is 227 cm³/mol. The summed E-state index contributed by atoms with van der Waals surface area (Å²) in [6.45, 7) is 0. The summed E-state index contributed by atoms with van der Waals surface area (Å²) in [5, 5.41) is 0. The molecular formula is C50H39BIrNP-2. The van der Waals surface area contributed by atoms with Crippen molar-refractivity contribution in [2.45, 2.75) is 11.8 Å². The number of aromatic nitrogens is 1. The van der Waals surface area contributed by atoms with E-state index in [1.807, 2.05) is 42.5 Å². The van der Waals surface area contributed by atoms with Gasteiger partial charge in [0.1, 0.15) is 0 Å². The number of hydrogen-bond donors (Lipinski definition) is 0. The molecular weight excluding hydrogens is 849 g/mol. The van der Waals surface area contributed by atoms with Crippen molar-refractivity contribution in [1.29, 1.82) is 0 Å². The van der Waals surface area contributed by atoms with Crippen molar-refractivity contribution in [3.63, 3.8) is 0 Å². The summed E-state index contributed by atoms with van der Waals surface area (Å²) < 4.78 is 0. The van der Waals surface area contributed by atoms with Crippen molar-refractivity contribution in [3.05, 3.63) is 234 Å². The van der Waals surface area contributed by atoms with Gasteiger partial charge >= 0.3 is 0 Å². The third kappa shape index (κ3) is 7.46. The monoisotopic (exact) mass is 889 g/mol. The van der Waals surface area contributed by atoms with E-state index in [1.165, 1.54) is 66.8 Å². The minimum absolute atomic E-state index is 0. The summed E-state index contributed by atoms with van der Waals surface area (Å²) >= 11 is 0. The molecule has 263 valence electrons. The van der Waals surface area contributed by atoms with Gasteiger partial charge < -0.3 is 6.41 Å². The normalized spacial score (nSPS) is 12.0. The molecule has 1 atom stereocenters. The summed E-state index contributed by atoms with van der Waals surface area (Å²) in [6, 6.07) is 71.3. The zero-order valence-corrected chi connectivity index (χ0v) is 33.3. The topological polar surface area (TPSA) is 12.9 Å². The molecule has 54 heavy (non-hydrogen) atoms. The standard InChI is InChI=1S/C38H26.C11H8N.CH4BP.Ir.H/c1-5-13-33-29(9-1)30-10-2-6-14-34(30)37(33)27-21-17-25(18-22-27)26-19-23-28(24-20-26)38-35-15-7-3-11-31(35)32-12-4-8-16-36(32)38;1-2-6-10(7-3-1)11-8-4-5-9-12-11;2-1-3;;/h1-24,37-38H;1-6,8-9H;1,3H2;;/q;-1;;;-1/i;;;;1+1. The maximum absolute atomic E-state index is 4.81. The number of hydrogen-bond acceptors (Lipinski definition) is 1. The number of benzene rings is 7. The number of fused-ring (bicyclic) bond motifs is 6. The average Bonchev–Trinajstić information content (AvgIpc) is 3.75. The van der Waals surface area contributed by atoms with Crippen LogP contribution in [0.25, 0.3) is 44.6 Å². The van der Waals surface area contributed by atoms with Gasteiger partial charge in [0.25, 0.3) is 0 Å². The van der Waals surface area contributed by atoms with E-state index >= 15 is 0 Å². The van der Waals surface area contributed by atoms with E-state index < -0.39 is 0 Å². The Morgan fingerprint density at radius 3 is 1.20 bits per heavy atom. The Morgan fingerprint density at radius 1 is 0.481 bits per heavy atom. The molecule has 0 amide bonds. The minimum Gasteiger partial charge on any atom is -1.00 e. The van der Waals surface area contributed by atoms with E-state index in [1.54, 1.807) is 6.20 Å². The molecule has 0 aliphatic heterocycles. The van der Waals surface area contributed by atoms with Gasteiger partial charge in [0, 0.05) is 38.1 Å². The fourth-order valence-corrected chi connectivity index (χ4v) is 7.84. The molecule has 0 saturated carbocycles. The SMILES string of the molecule is [2H-].[B]CP.[Ir].[c-]1ccccc1-c1ccccn1.c1ccc2c(c1)-c1ccccc1C2c1ccc(-c2ccc(C3c4ccccc4-c4ccccc43)cc2)cc1. The molecule has 1 nitrogen and oxygen atoms in total. The fourth-order valence-electron chi connectivity index (χ4n) is 7.84. The van der Waals surface area contributed by atoms with Crippen LogP contribution in [-0.4, -0.2) is 18.9 Å². The molecule has 10 rings (SSSR count). The summed E-state index contributed by atoms with van der Waals surface area (Å²) in [5.41, 5.74) is 18.3. The fraction of sp³-hybridized carbons (Fsp3) is 0.0600. The van der Waals surface area contributed by atoms with E-state index in [0.29, 0.717) is 17.9 Å². The second kappa shape index (κ2) is 17.3. The molecule has 3 radical (unpaired) electrons. The van der Waals surface area contributed by atoms with Gasteiger partial charge in [-0.15, -0.1) is 45.1 Å². The Labute approximate surface area is 338 Å². The van der Waals surface area contributed by atoms with Crippen LogP contribution in [0.15, 0.2) is 194 Å². The first kappa shape index (κ1) is 37.2. The van der Waals surface area contributed by atoms with Crippen LogP contribution in [0, 0.1) is 6.07 Å². The van der Waals surface area contributed by atoms with Crippen molar-refractivity contribution < 1.29 is 21.5 Å². The van der Waals surface area contributed by atoms with Gasteiger partial charge in [0.15, 0.2) is 0 Å². The number of nitrogens with zero attached hydrogens (tertiary/aromatic N) is 1. The van der Waals surface area contributed by atoms with Crippen LogP contribution in [0.4, 0.5) is 0 Å². The van der Waals surface area contributed by atoms with Crippen LogP contribution < -0.4 is 0 Å². The zero-order valence-electron chi connectivity index (χ0n) is 30.8. The molecule has 4 heteroatoms. The second-order valence-corrected chi connectivity index (χ2v) is 13.7. The van der Waals surface area contributed by atoms with Crippen molar-refractivity contribution >= 4 is 17.1 Å². The Balaban J connectivity index is 0.000000256. The van der Waals surface area contributed by atoms with Crippen LogP contribution in [-0.2, 0) is 20.1 Å². The first-order chi connectivity index (χ1) is 26.2. The van der Waals surface area contributed by atoms with Crippen molar-refractivity contribution in [3.8, 4) is 44.6 Å². The van der Waals surface area contributed by atoms with Crippen LogP contribution in [0.5, 0.6) is 0 Å². The van der Waals surface area contributed by atoms with Crippen LogP contribution in [0.3, 0.4) is 0 Å². The van der Waals surface area contributed by atoms with Gasteiger partial charge in [-0.2, -0.15) is 0 Å². The van der Waals surface area contributed by atoms with Crippen molar-refractivity contribution in [1.82, 2.24) is 4.98 Å². The third-order valence-electron chi connectivity index (χ3n) is 10.1. The Kier molecular flexibility index (Phi) is 11.9. The number of pyridine rings is 1. The Hall–Kier alpha value is -5.17. The quantitative estimate of drug-likeness (QED) is 0.0975. The van der Waals surface area contributed by atoms with Gasteiger partial charge in [0.2, 0.25) is 0 Å². The van der Waals surface area contributed by atoms with Gasteiger partial charge in [-0.25, -0.2) is 0 Å². The van der Waals surface area contributed by atoms with Gasteiger partial charge in [-0.1, -0.05) is 164 Å². The second-order valence-electron chi connectivity index (χ2n) is 13.2. The molecule has 2 aliphatic rings. The van der Waals surface area contributed by atoms with E-state index in [-0.39, 0.29) is 21.5 Å². The van der Waals surface area contributed by atoms with Crippen molar-refractivity contribution in [2.24, 2.45) is 0 Å². The van der Waals surface area contributed by atoms with Crippen molar-refractivity contribution in [2.75, 3.05) is 6.06 Å². The first-order valence-corrected chi connectivity index (χ1v) is 18.9. The molecule has 0 N–H and O–H groups in total. The van der Waals surface area contributed by atoms with E-state index in [9.17, 15) is 0 Å². The first-order valence-electron chi connectivity index (χ1n) is 18.1. The Morgan fingerprint density at radius 2 is 0.852 bits per heavy atom. The van der Waals surface area contributed by atoms with Crippen LogP contribution >= 0.6 is 9.24 Å². The summed E-state index contributed by atoms with van der Waals surface area (Å²) in [6.07, 6.45) is 1.79. The summed E-state index contributed by atoms with van der Waals surface area (Å²) in [4.78, 5) is 4.22. The summed E-state index contributed by atoms with van der Waals surface area (Å²) in [5.74, 6) is 0.586. The van der Waals surface area contributed by atoms with Gasteiger partial charge in [-0.05, 0) is 78.5 Å². The molecule has 1 heterocycles. The molecule has 1 aromatic heterocycles. The largest absolute Gasteiger partial charge is 1.00 e. The minimum atomic E-state index is 0. The number of rotatable bonds is 4. The molecule has 8 aromatic rings. The van der Waals surface area contributed by atoms with Crippen LogP contribution in [0.1, 0.15) is 46.6 Å². The predicted octanol–water partition coefficient (Wildman–Crippen LogP) is 12.3. The average molecular weight is 889 g/mol. The zero-order chi connectivity index (χ0) is 36.0. The molecule has 2 aliphatic carbocycles. The Bertz CT molecular complexity index is 2190.